The highest BCUT2D eigenvalue weighted by Gasteiger charge is 2.32. The van der Waals surface area contributed by atoms with Crippen molar-refractivity contribution in [2.24, 2.45) is 5.73 Å². The molecule has 7 heteroatoms. The minimum atomic E-state index is -4.37. The van der Waals surface area contributed by atoms with E-state index in [1.165, 1.54) is 12.1 Å². The van der Waals surface area contributed by atoms with Gasteiger partial charge in [-0.25, -0.2) is 0 Å². The molecule has 1 amide bonds. The fourth-order valence-electron chi connectivity index (χ4n) is 2.87. The molecule has 0 radical (unpaired) electrons. The molecule has 2 rings (SSSR count). The predicted octanol–water partition coefficient (Wildman–Crippen LogP) is 2.21. The summed E-state index contributed by atoms with van der Waals surface area (Å²) < 4.78 is 42.9. The van der Waals surface area contributed by atoms with Gasteiger partial charge in [-0.2, -0.15) is 13.2 Å². The van der Waals surface area contributed by atoms with Crippen LogP contribution in [0.4, 0.5) is 13.2 Å². The normalized spacial score (nSPS) is 22.2. The summed E-state index contributed by atoms with van der Waals surface area (Å²) in [6.07, 6.45) is -2.77. The van der Waals surface area contributed by atoms with E-state index >= 15 is 0 Å². The van der Waals surface area contributed by atoms with Crippen molar-refractivity contribution in [3.63, 3.8) is 0 Å². The number of nitrogens with two attached hydrogens (primary N) is 1. The molecule has 128 valence electrons. The van der Waals surface area contributed by atoms with Gasteiger partial charge in [0.25, 0.3) is 0 Å². The number of ether oxygens (including phenoxy) is 1. The van der Waals surface area contributed by atoms with Gasteiger partial charge in [-0.1, -0.05) is 12.1 Å². The lowest BCUT2D eigenvalue weighted by Crippen LogP contribution is -2.51. The zero-order valence-corrected chi connectivity index (χ0v) is 13.0. The summed E-state index contributed by atoms with van der Waals surface area (Å²) in [7, 11) is 1.64. The van der Waals surface area contributed by atoms with Gasteiger partial charge >= 0.3 is 6.18 Å². The molecule has 23 heavy (non-hydrogen) atoms. The van der Waals surface area contributed by atoms with Crippen LogP contribution in [0.5, 0.6) is 0 Å². The molecule has 1 fully saturated rings. The monoisotopic (exact) mass is 330 g/mol. The van der Waals surface area contributed by atoms with Crippen LogP contribution in [-0.4, -0.2) is 43.2 Å². The molecule has 0 bridgehead atoms. The lowest BCUT2D eigenvalue weighted by molar-refractivity contribution is -0.137. The molecule has 0 aromatic heterocycles. The molecule has 0 saturated carbocycles. The van der Waals surface area contributed by atoms with Gasteiger partial charge in [0, 0.05) is 26.2 Å². The van der Waals surface area contributed by atoms with E-state index in [0.717, 1.165) is 18.6 Å². The van der Waals surface area contributed by atoms with Crippen molar-refractivity contribution in [1.29, 1.82) is 0 Å². The summed E-state index contributed by atoms with van der Waals surface area (Å²) in [4.78, 5) is 14.1. The highest BCUT2D eigenvalue weighted by molar-refractivity contribution is 5.79. The number of hydrogen-bond acceptors (Lipinski definition) is 3. The Labute approximate surface area is 133 Å². The molecule has 0 aliphatic carbocycles. The number of likely N-dealkylation sites (tertiary alicyclic amines) is 1. The number of piperidine rings is 1. The van der Waals surface area contributed by atoms with E-state index in [1.807, 2.05) is 0 Å². The maximum atomic E-state index is 12.5. The number of carbonyl (C=O) groups excluding carboxylic acids is 1. The van der Waals surface area contributed by atoms with Gasteiger partial charge in [0.1, 0.15) is 0 Å². The van der Waals surface area contributed by atoms with Gasteiger partial charge in [0.2, 0.25) is 5.91 Å². The van der Waals surface area contributed by atoms with Crippen LogP contribution in [0.15, 0.2) is 24.3 Å². The molecule has 4 nitrogen and oxygen atoms in total. The minimum Gasteiger partial charge on any atom is -0.381 e. The van der Waals surface area contributed by atoms with E-state index in [1.54, 1.807) is 12.0 Å². The molecular formula is C16H21F3N2O2. The topological polar surface area (TPSA) is 55.6 Å². The van der Waals surface area contributed by atoms with Crippen LogP contribution in [0, 0.1) is 0 Å². The highest BCUT2D eigenvalue weighted by atomic mass is 19.4. The van der Waals surface area contributed by atoms with Gasteiger partial charge in [0.05, 0.1) is 18.1 Å². The van der Waals surface area contributed by atoms with Gasteiger partial charge in [-0.3, -0.25) is 4.79 Å². The molecule has 1 heterocycles. The minimum absolute atomic E-state index is 0.0757. The molecule has 1 aliphatic rings. The molecule has 1 aliphatic heterocycles. The van der Waals surface area contributed by atoms with E-state index in [2.05, 4.69) is 0 Å². The number of carbonyl (C=O) groups is 1. The molecule has 2 atom stereocenters. The van der Waals surface area contributed by atoms with Crippen molar-refractivity contribution in [2.75, 3.05) is 20.2 Å². The van der Waals surface area contributed by atoms with Crippen molar-refractivity contribution in [3.8, 4) is 0 Å². The van der Waals surface area contributed by atoms with E-state index in [0.29, 0.717) is 25.1 Å². The standard InChI is InChI=1S/C16H21F3N2O2/c1-23-14-6-7-21(13(9-14)10-20)15(22)8-11-2-4-12(5-3-11)16(17,18)19/h2-5,13-14H,6-10,20H2,1H3. The van der Waals surface area contributed by atoms with E-state index in [9.17, 15) is 18.0 Å². The molecule has 0 spiro atoms. The summed E-state index contributed by atoms with van der Waals surface area (Å²) >= 11 is 0. The molecule has 2 unspecified atom stereocenters. The maximum absolute atomic E-state index is 12.5. The van der Waals surface area contributed by atoms with Gasteiger partial charge in [-0.15, -0.1) is 0 Å². The van der Waals surface area contributed by atoms with E-state index in [-0.39, 0.29) is 24.5 Å². The number of amides is 1. The van der Waals surface area contributed by atoms with Crippen LogP contribution in [0.3, 0.4) is 0 Å². The molecular weight excluding hydrogens is 309 g/mol. The fraction of sp³-hybridized carbons (Fsp3) is 0.562. The molecule has 1 aromatic carbocycles. The van der Waals surface area contributed by atoms with Crippen LogP contribution in [-0.2, 0) is 22.1 Å². The van der Waals surface area contributed by atoms with Crippen LogP contribution in [0.2, 0.25) is 0 Å². The van der Waals surface area contributed by atoms with E-state index < -0.39 is 11.7 Å². The van der Waals surface area contributed by atoms with Crippen molar-refractivity contribution >= 4 is 5.91 Å². The Balaban J connectivity index is 2.01. The third-order valence-electron chi connectivity index (χ3n) is 4.23. The molecule has 1 saturated heterocycles. The van der Waals surface area contributed by atoms with Gasteiger partial charge < -0.3 is 15.4 Å². The first-order valence-electron chi connectivity index (χ1n) is 7.53. The van der Waals surface area contributed by atoms with Gasteiger partial charge in [-0.05, 0) is 30.5 Å². The number of methoxy groups -OCH3 is 1. The third-order valence-corrected chi connectivity index (χ3v) is 4.23. The van der Waals surface area contributed by atoms with Crippen molar-refractivity contribution < 1.29 is 22.7 Å². The van der Waals surface area contributed by atoms with Crippen LogP contribution in [0.1, 0.15) is 24.0 Å². The predicted molar refractivity (Wildman–Crippen MR) is 79.7 cm³/mol. The quantitative estimate of drug-likeness (QED) is 0.921. The zero-order valence-electron chi connectivity index (χ0n) is 13.0. The Hall–Kier alpha value is -1.60. The third kappa shape index (κ3) is 4.45. The highest BCUT2D eigenvalue weighted by Crippen LogP contribution is 2.29. The molecule has 1 aromatic rings. The number of alkyl halides is 3. The van der Waals surface area contributed by atoms with Crippen molar-refractivity contribution in [1.82, 2.24) is 4.90 Å². The number of rotatable bonds is 4. The van der Waals surface area contributed by atoms with Crippen molar-refractivity contribution in [2.45, 2.75) is 37.6 Å². The Morgan fingerprint density at radius 3 is 2.52 bits per heavy atom. The smallest absolute Gasteiger partial charge is 0.381 e. The first-order chi connectivity index (χ1) is 10.8. The number of benzene rings is 1. The Morgan fingerprint density at radius 2 is 2.00 bits per heavy atom. The van der Waals surface area contributed by atoms with Crippen molar-refractivity contribution in [3.05, 3.63) is 35.4 Å². The number of halogens is 3. The number of nitrogens with zero attached hydrogens (tertiary/aromatic N) is 1. The summed E-state index contributed by atoms with van der Waals surface area (Å²) in [6, 6.07) is 4.61. The van der Waals surface area contributed by atoms with Gasteiger partial charge in [0.15, 0.2) is 0 Å². The Morgan fingerprint density at radius 1 is 1.35 bits per heavy atom. The average Bonchev–Trinajstić information content (AvgIpc) is 2.53. The maximum Gasteiger partial charge on any atom is 0.416 e. The first-order valence-corrected chi connectivity index (χ1v) is 7.53. The summed E-state index contributed by atoms with van der Waals surface area (Å²) in [5.41, 5.74) is 5.58. The lowest BCUT2D eigenvalue weighted by atomic mass is 9.98. The first kappa shape index (κ1) is 17.7. The second kappa shape index (κ2) is 7.31. The van der Waals surface area contributed by atoms with Crippen LogP contribution >= 0.6 is 0 Å². The Bertz CT molecular complexity index is 531. The molecule has 2 N–H and O–H groups in total. The summed E-state index contributed by atoms with van der Waals surface area (Å²) in [5.74, 6) is -0.116. The second-order valence-corrected chi connectivity index (χ2v) is 5.73. The van der Waals surface area contributed by atoms with Crippen LogP contribution in [0.25, 0.3) is 0 Å². The summed E-state index contributed by atoms with van der Waals surface area (Å²) in [6.45, 7) is 0.901. The average molecular weight is 330 g/mol. The largest absolute Gasteiger partial charge is 0.416 e. The SMILES string of the molecule is COC1CCN(C(=O)Cc2ccc(C(F)(F)F)cc2)C(CN)C1. The summed E-state index contributed by atoms with van der Waals surface area (Å²) in [5, 5.41) is 0. The second-order valence-electron chi connectivity index (χ2n) is 5.73. The lowest BCUT2D eigenvalue weighted by Gasteiger charge is -2.38. The Kier molecular flexibility index (Phi) is 5.64. The number of hydrogen-bond donors (Lipinski definition) is 1. The van der Waals surface area contributed by atoms with E-state index in [4.69, 9.17) is 10.5 Å². The fourth-order valence-corrected chi connectivity index (χ4v) is 2.87. The van der Waals surface area contributed by atoms with Crippen LogP contribution < -0.4 is 5.73 Å². The zero-order chi connectivity index (χ0) is 17.0.